The summed E-state index contributed by atoms with van der Waals surface area (Å²) in [4.78, 5) is 4.55. The van der Waals surface area contributed by atoms with Crippen LogP contribution >= 0.6 is 23.2 Å². The molecular weight excluding hydrogens is 331 g/mol. The minimum absolute atomic E-state index is 0.105. The fraction of sp³-hybridized carbons (Fsp3) is 0.500. The molecule has 3 rings (SSSR count). The van der Waals surface area contributed by atoms with E-state index in [1.807, 2.05) is 17.6 Å². The first kappa shape index (κ1) is 15.1. The molecule has 0 bridgehead atoms. The second kappa shape index (κ2) is 5.45. The minimum atomic E-state index is -2.99. The predicted octanol–water partition coefficient (Wildman–Crippen LogP) is 3.74. The van der Waals surface area contributed by atoms with Crippen molar-refractivity contribution in [3.8, 4) is 0 Å². The van der Waals surface area contributed by atoms with Crippen molar-refractivity contribution in [3.05, 3.63) is 29.0 Å². The predicted molar refractivity (Wildman–Crippen MR) is 85.9 cm³/mol. The Labute approximate surface area is 134 Å². The SMILES string of the molecule is CC(Cl)c1nc2cc(Cl)ccc2n1C1CCCS(=O)(=O)C1. The maximum atomic E-state index is 11.9. The summed E-state index contributed by atoms with van der Waals surface area (Å²) in [5, 5.41) is 0.318. The number of fused-ring (bicyclic) bond motifs is 1. The van der Waals surface area contributed by atoms with E-state index in [1.54, 1.807) is 12.1 Å². The van der Waals surface area contributed by atoms with Crippen molar-refractivity contribution < 1.29 is 8.42 Å². The van der Waals surface area contributed by atoms with Crippen molar-refractivity contribution in [3.63, 3.8) is 0 Å². The Hall–Kier alpha value is -0.780. The largest absolute Gasteiger partial charge is 0.323 e. The van der Waals surface area contributed by atoms with E-state index >= 15 is 0 Å². The zero-order chi connectivity index (χ0) is 15.2. The number of hydrogen-bond donors (Lipinski definition) is 0. The molecule has 1 aromatic carbocycles. The molecular formula is C14H16Cl2N2O2S. The minimum Gasteiger partial charge on any atom is -0.323 e. The van der Waals surface area contributed by atoms with E-state index in [2.05, 4.69) is 4.98 Å². The third-order valence-electron chi connectivity index (χ3n) is 3.84. The lowest BCUT2D eigenvalue weighted by Gasteiger charge is -2.26. The van der Waals surface area contributed by atoms with Crippen LogP contribution in [-0.4, -0.2) is 29.5 Å². The normalized spacial score (nSPS) is 23.3. The number of imidazole rings is 1. The summed E-state index contributed by atoms with van der Waals surface area (Å²) in [6.45, 7) is 1.85. The van der Waals surface area contributed by atoms with Gasteiger partial charge in [-0.05, 0) is 38.0 Å². The third-order valence-corrected chi connectivity index (χ3v) is 6.07. The van der Waals surface area contributed by atoms with Crippen LogP contribution in [0.25, 0.3) is 11.0 Å². The maximum absolute atomic E-state index is 11.9. The molecule has 2 atom stereocenters. The smallest absolute Gasteiger partial charge is 0.152 e. The van der Waals surface area contributed by atoms with Crippen LogP contribution in [0, 0.1) is 0 Å². The fourth-order valence-electron chi connectivity index (χ4n) is 2.96. The molecule has 0 radical (unpaired) electrons. The molecule has 1 fully saturated rings. The number of halogens is 2. The summed E-state index contributed by atoms with van der Waals surface area (Å²) in [7, 11) is -2.99. The first-order valence-electron chi connectivity index (χ1n) is 6.89. The summed E-state index contributed by atoms with van der Waals surface area (Å²) in [6, 6.07) is 5.36. The van der Waals surface area contributed by atoms with Gasteiger partial charge in [0.15, 0.2) is 9.84 Å². The summed E-state index contributed by atoms with van der Waals surface area (Å²) < 4.78 is 25.9. The second-order valence-corrected chi connectivity index (χ2v) is 8.82. The average molecular weight is 347 g/mol. The Morgan fingerprint density at radius 2 is 2.19 bits per heavy atom. The molecule has 1 aliphatic heterocycles. The average Bonchev–Trinajstić information content (AvgIpc) is 2.76. The van der Waals surface area contributed by atoms with Crippen molar-refractivity contribution in [2.45, 2.75) is 31.2 Å². The number of hydrogen-bond acceptors (Lipinski definition) is 3. The van der Waals surface area contributed by atoms with E-state index in [4.69, 9.17) is 23.2 Å². The van der Waals surface area contributed by atoms with E-state index in [9.17, 15) is 8.42 Å². The summed E-state index contributed by atoms with van der Waals surface area (Å²) in [5.74, 6) is 1.13. The highest BCUT2D eigenvalue weighted by Crippen LogP contribution is 2.33. The molecule has 2 aromatic rings. The van der Waals surface area contributed by atoms with Crippen molar-refractivity contribution >= 4 is 44.1 Å². The maximum Gasteiger partial charge on any atom is 0.152 e. The molecule has 0 spiro atoms. The molecule has 1 saturated heterocycles. The fourth-order valence-corrected chi connectivity index (χ4v) is 4.95. The first-order chi connectivity index (χ1) is 9.87. The highest BCUT2D eigenvalue weighted by atomic mass is 35.5. The Balaban J connectivity index is 2.17. The van der Waals surface area contributed by atoms with Gasteiger partial charge in [-0.1, -0.05) is 11.6 Å². The van der Waals surface area contributed by atoms with Gasteiger partial charge in [0.1, 0.15) is 5.82 Å². The molecule has 2 unspecified atom stereocenters. The van der Waals surface area contributed by atoms with Gasteiger partial charge in [0.2, 0.25) is 0 Å². The molecule has 0 amide bonds. The van der Waals surface area contributed by atoms with E-state index in [1.165, 1.54) is 0 Å². The van der Waals surface area contributed by atoms with Gasteiger partial charge < -0.3 is 4.57 Å². The van der Waals surface area contributed by atoms with Crippen LogP contribution in [0.1, 0.15) is 37.0 Å². The lowest BCUT2D eigenvalue weighted by molar-refractivity contribution is 0.466. The monoisotopic (exact) mass is 346 g/mol. The standard InChI is InChI=1S/C14H16Cl2N2O2S/c1-9(15)14-17-12-7-10(16)4-5-13(12)18(14)11-3-2-6-21(19,20)8-11/h4-5,7,9,11H,2-3,6,8H2,1H3. The molecule has 4 nitrogen and oxygen atoms in total. The summed E-state index contributed by atoms with van der Waals surface area (Å²) in [5.41, 5.74) is 1.65. The lowest BCUT2D eigenvalue weighted by atomic mass is 10.1. The number of aromatic nitrogens is 2. The number of sulfone groups is 1. The molecule has 21 heavy (non-hydrogen) atoms. The Morgan fingerprint density at radius 1 is 1.43 bits per heavy atom. The Kier molecular flexibility index (Phi) is 3.93. The van der Waals surface area contributed by atoms with E-state index in [0.717, 1.165) is 17.5 Å². The van der Waals surface area contributed by atoms with Gasteiger partial charge >= 0.3 is 0 Å². The quantitative estimate of drug-likeness (QED) is 0.778. The number of rotatable bonds is 2. The highest BCUT2D eigenvalue weighted by molar-refractivity contribution is 7.91. The lowest BCUT2D eigenvalue weighted by Crippen LogP contribution is -2.28. The van der Waals surface area contributed by atoms with Crippen molar-refractivity contribution in [2.24, 2.45) is 0 Å². The highest BCUT2D eigenvalue weighted by Gasteiger charge is 2.29. The number of nitrogens with zero attached hydrogens (tertiary/aromatic N) is 2. The van der Waals surface area contributed by atoms with Crippen molar-refractivity contribution in [2.75, 3.05) is 11.5 Å². The third kappa shape index (κ3) is 2.91. The molecule has 114 valence electrons. The van der Waals surface area contributed by atoms with E-state index in [-0.39, 0.29) is 22.9 Å². The number of benzene rings is 1. The van der Waals surface area contributed by atoms with Crippen LogP contribution in [-0.2, 0) is 9.84 Å². The van der Waals surface area contributed by atoms with Gasteiger partial charge in [-0.2, -0.15) is 0 Å². The van der Waals surface area contributed by atoms with Crippen LogP contribution in [0.5, 0.6) is 0 Å². The summed E-state index contributed by atoms with van der Waals surface area (Å²) >= 11 is 12.3. The molecule has 2 heterocycles. The van der Waals surface area contributed by atoms with Crippen LogP contribution < -0.4 is 0 Å². The topological polar surface area (TPSA) is 52.0 Å². The first-order valence-corrected chi connectivity index (χ1v) is 9.53. The van der Waals surface area contributed by atoms with Gasteiger partial charge in [0, 0.05) is 11.1 Å². The van der Waals surface area contributed by atoms with Gasteiger partial charge in [-0.15, -0.1) is 11.6 Å². The van der Waals surface area contributed by atoms with Crippen LogP contribution in [0.2, 0.25) is 5.02 Å². The van der Waals surface area contributed by atoms with Crippen LogP contribution in [0.3, 0.4) is 0 Å². The van der Waals surface area contributed by atoms with E-state index < -0.39 is 9.84 Å². The van der Waals surface area contributed by atoms with Crippen molar-refractivity contribution in [1.29, 1.82) is 0 Å². The second-order valence-electron chi connectivity index (χ2n) is 5.50. The van der Waals surface area contributed by atoms with Gasteiger partial charge in [-0.3, -0.25) is 0 Å². The molecule has 1 aromatic heterocycles. The molecule has 0 N–H and O–H groups in total. The zero-order valence-corrected chi connectivity index (χ0v) is 13.9. The van der Waals surface area contributed by atoms with Crippen LogP contribution in [0.4, 0.5) is 0 Å². The van der Waals surface area contributed by atoms with Gasteiger partial charge in [-0.25, -0.2) is 13.4 Å². The molecule has 0 aliphatic carbocycles. The van der Waals surface area contributed by atoms with Crippen LogP contribution in [0.15, 0.2) is 18.2 Å². The molecule has 0 saturated carbocycles. The van der Waals surface area contributed by atoms with E-state index in [0.29, 0.717) is 17.3 Å². The Morgan fingerprint density at radius 3 is 2.86 bits per heavy atom. The summed E-state index contributed by atoms with van der Waals surface area (Å²) in [6.07, 6.45) is 1.50. The van der Waals surface area contributed by atoms with Crippen molar-refractivity contribution in [1.82, 2.24) is 9.55 Å². The van der Waals surface area contributed by atoms with Gasteiger partial charge in [0.25, 0.3) is 0 Å². The number of alkyl halides is 1. The van der Waals surface area contributed by atoms with Gasteiger partial charge in [0.05, 0.1) is 27.9 Å². The zero-order valence-electron chi connectivity index (χ0n) is 11.6. The Bertz CT molecular complexity index is 784. The molecule has 1 aliphatic rings. The molecule has 7 heteroatoms.